The molecule has 2 atom stereocenters. The number of nitrogens with zero attached hydrogens (tertiary/aromatic N) is 2. The molecule has 1 fully saturated rings. The Labute approximate surface area is 219 Å². The number of methoxy groups -OCH3 is 1. The lowest BCUT2D eigenvalue weighted by atomic mass is 9.79. The van der Waals surface area contributed by atoms with E-state index in [0.29, 0.717) is 11.8 Å². The molecule has 36 heavy (non-hydrogen) atoms. The van der Waals surface area contributed by atoms with Gasteiger partial charge in [0.2, 0.25) is 0 Å². The van der Waals surface area contributed by atoms with Gasteiger partial charge in [0.1, 0.15) is 5.75 Å². The standard InChI is InChI=1S/C30H37ClN2O3/c1-36-26-12-13-29-27(20-26)23(15-17-32-29)8-4-7-22-16-19-33(21-25(22)11-14-30(34)35)18-5-9-24-6-2-3-10-28(24)31/h2-3,6,10,12-13,15,17,20,22,25H,4-5,7-9,11,14,16,18-19,21H2,1H3,(H,34,35)/t22-,25+/m1/s1. The van der Waals surface area contributed by atoms with Crippen LogP contribution in [0.4, 0.5) is 0 Å². The lowest BCUT2D eigenvalue weighted by Gasteiger charge is -2.39. The average molecular weight is 509 g/mol. The zero-order valence-corrected chi connectivity index (χ0v) is 21.9. The second-order valence-corrected chi connectivity index (χ2v) is 10.4. The van der Waals surface area contributed by atoms with Gasteiger partial charge in [-0.05, 0) is 111 Å². The minimum absolute atomic E-state index is 0.253. The van der Waals surface area contributed by atoms with Crippen molar-refractivity contribution in [1.29, 1.82) is 0 Å². The second-order valence-electron chi connectivity index (χ2n) is 9.98. The molecule has 0 unspecified atom stereocenters. The van der Waals surface area contributed by atoms with E-state index in [2.05, 4.69) is 28.1 Å². The number of likely N-dealkylation sites (tertiary alicyclic amines) is 1. The number of halogens is 1. The van der Waals surface area contributed by atoms with Gasteiger partial charge in [-0.3, -0.25) is 9.78 Å². The maximum atomic E-state index is 11.3. The summed E-state index contributed by atoms with van der Waals surface area (Å²) in [5.41, 5.74) is 3.51. The summed E-state index contributed by atoms with van der Waals surface area (Å²) in [5, 5.41) is 11.3. The molecule has 0 bridgehead atoms. The number of fused-ring (bicyclic) bond motifs is 1. The van der Waals surface area contributed by atoms with Crippen LogP contribution in [0.15, 0.2) is 54.7 Å². The lowest BCUT2D eigenvalue weighted by molar-refractivity contribution is -0.137. The van der Waals surface area contributed by atoms with Crippen molar-refractivity contribution in [3.63, 3.8) is 0 Å². The minimum atomic E-state index is -0.693. The number of carboxylic acids is 1. The van der Waals surface area contributed by atoms with Crippen LogP contribution in [0.5, 0.6) is 5.75 Å². The first-order valence-electron chi connectivity index (χ1n) is 13.1. The number of hydrogen-bond donors (Lipinski definition) is 1. The summed E-state index contributed by atoms with van der Waals surface area (Å²) in [6.07, 6.45) is 9.31. The molecule has 1 saturated heterocycles. The SMILES string of the molecule is COc1ccc2nccc(CCC[C@@H]3CCN(CCCc4ccccc4Cl)C[C@@H]3CCC(=O)O)c2c1. The third-order valence-corrected chi connectivity index (χ3v) is 8.01. The van der Waals surface area contributed by atoms with Crippen molar-refractivity contribution in [2.75, 3.05) is 26.7 Å². The highest BCUT2D eigenvalue weighted by Crippen LogP contribution is 2.32. The molecule has 0 spiro atoms. The molecule has 6 heteroatoms. The number of piperidine rings is 1. The maximum Gasteiger partial charge on any atom is 0.303 e. The largest absolute Gasteiger partial charge is 0.497 e. The van der Waals surface area contributed by atoms with Gasteiger partial charge in [-0.1, -0.05) is 29.8 Å². The van der Waals surface area contributed by atoms with Crippen molar-refractivity contribution < 1.29 is 14.6 Å². The number of carbonyl (C=O) groups is 1. The summed E-state index contributed by atoms with van der Waals surface area (Å²) in [7, 11) is 1.69. The summed E-state index contributed by atoms with van der Waals surface area (Å²) in [6, 6.07) is 16.2. The van der Waals surface area contributed by atoms with E-state index in [1.54, 1.807) is 7.11 Å². The first kappa shape index (κ1) is 26.4. The topological polar surface area (TPSA) is 62.7 Å². The van der Waals surface area contributed by atoms with Crippen LogP contribution in [0.2, 0.25) is 5.02 Å². The zero-order chi connectivity index (χ0) is 25.3. The Hall–Kier alpha value is -2.63. The summed E-state index contributed by atoms with van der Waals surface area (Å²) in [4.78, 5) is 18.4. The Kier molecular flexibility index (Phi) is 9.60. The molecule has 0 radical (unpaired) electrons. The number of aromatic nitrogens is 1. The Morgan fingerprint density at radius 3 is 2.72 bits per heavy atom. The molecule has 0 saturated carbocycles. The van der Waals surface area contributed by atoms with Gasteiger partial charge in [-0.15, -0.1) is 0 Å². The van der Waals surface area contributed by atoms with Gasteiger partial charge in [0.15, 0.2) is 0 Å². The fraction of sp³-hybridized carbons (Fsp3) is 0.467. The highest BCUT2D eigenvalue weighted by molar-refractivity contribution is 6.31. The van der Waals surface area contributed by atoms with Gasteiger partial charge in [0.25, 0.3) is 0 Å². The molecule has 2 aromatic carbocycles. The smallest absolute Gasteiger partial charge is 0.303 e. The van der Waals surface area contributed by atoms with Crippen LogP contribution in [0.25, 0.3) is 10.9 Å². The monoisotopic (exact) mass is 508 g/mol. The van der Waals surface area contributed by atoms with Crippen LogP contribution in [-0.4, -0.2) is 47.7 Å². The van der Waals surface area contributed by atoms with Crippen LogP contribution in [-0.2, 0) is 17.6 Å². The third kappa shape index (κ3) is 7.21. The van der Waals surface area contributed by atoms with Crippen LogP contribution in [0.3, 0.4) is 0 Å². The van der Waals surface area contributed by atoms with Gasteiger partial charge < -0.3 is 14.7 Å². The predicted octanol–water partition coefficient (Wildman–Crippen LogP) is 6.66. The van der Waals surface area contributed by atoms with Gasteiger partial charge >= 0.3 is 5.97 Å². The quantitative estimate of drug-likeness (QED) is 0.296. The fourth-order valence-corrected chi connectivity index (χ4v) is 5.88. The molecule has 1 aliphatic heterocycles. The van der Waals surface area contributed by atoms with E-state index in [1.165, 1.54) is 11.1 Å². The van der Waals surface area contributed by atoms with Gasteiger partial charge in [-0.25, -0.2) is 0 Å². The van der Waals surface area contributed by atoms with E-state index >= 15 is 0 Å². The molecule has 5 nitrogen and oxygen atoms in total. The van der Waals surface area contributed by atoms with Crippen LogP contribution >= 0.6 is 11.6 Å². The Bertz CT molecular complexity index is 1150. The van der Waals surface area contributed by atoms with E-state index in [9.17, 15) is 9.90 Å². The fourth-order valence-electron chi connectivity index (χ4n) is 5.65. The van der Waals surface area contributed by atoms with Crippen molar-refractivity contribution in [1.82, 2.24) is 9.88 Å². The summed E-state index contributed by atoms with van der Waals surface area (Å²) >= 11 is 6.32. The van der Waals surface area contributed by atoms with E-state index in [4.69, 9.17) is 16.3 Å². The molecule has 0 amide bonds. The van der Waals surface area contributed by atoms with Crippen molar-refractivity contribution in [3.05, 3.63) is 70.9 Å². The third-order valence-electron chi connectivity index (χ3n) is 7.64. The Balaban J connectivity index is 1.32. The normalized spacial score (nSPS) is 18.4. The van der Waals surface area contributed by atoms with E-state index < -0.39 is 5.97 Å². The molecule has 3 aromatic rings. The number of aryl methyl sites for hydroxylation is 2. The van der Waals surface area contributed by atoms with Crippen LogP contribution < -0.4 is 4.74 Å². The average Bonchev–Trinajstić information content (AvgIpc) is 2.89. The molecule has 1 N–H and O–H groups in total. The van der Waals surface area contributed by atoms with Crippen molar-refractivity contribution in [2.45, 2.75) is 51.4 Å². The van der Waals surface area contributed by atoms with Crippen molar-refractivity contribution >= 4 is 28.5 Å². The second kappa shape index (κ2) is 13.1. The minimum Gasteiger partial charge on any atom is -0.497 e. The zero-order valence-electron chi connectivity index (χ0n) is 21.2. The predicted molar refractivity (Wildman–Crippen MR) is 146 cm³/mol. The Morgan fingerprint density at radius 2 is 1.92 bits per heavy atom. The van der Waals surface area contributed by atoms with E-state index in [0.717, 1.165) is 86.3 Å². The van der Waals surface area contributed by atoms with Crippen LogP contribution in [0.1, 0.15) is 49.7 Å². The number of ether oxygens (including phenoxy) is 1. The summed E-state index contributed by atoms with van der Waals surface area (Å²) < 4.78 is 5.42. The lowest BCUT2D eigenvalue weighted by Crippen LogP contribution is -2.41. The number of benzene rings is 2. The first-order chi connectivity index (χ1) is 17.5. The van der Waals surface area contributed by atoms with Crippen LogP contribution in [0, 0.1) is 11.8 Å². The van der Waals surface area contributed by atoms with Crippen molar-refractivity contribution in [2.24, 2.45) is 11.8 Å². The van der Waals surface area contributed by atoms with Gasteiger partial charge in [0.05, 0.1) is 12.6 Å². The number of aliphatic carboxylic acids is 1. The molecule has 1 aromatic heterocycles. The molecule has 4 rings (SSSR count). The summed E-state index contributed by atoms with van der Waals surface area (Å²) in [6.45, 7) is 3.12. The van der Waals surface area contributed by atoms with Gasteiger partial charge in [0, 0.05) is 29.6 Å². The number of carboxylic acid groups (broad SMARTS) is 1. The van der Waals surface area contributed by atoms with Gasteiger partial charge in [-0.2, -0.15) is 0 Å². The first-order valence-corrected chi connectivity index (χ1v) is 13.5. The molecule has 192 valence electrons. The number of rotatable bonds is 12. The Morgan fingerprint density at radius 1 is 1.08 bits per heavy atom. The maximum absolute atomic E-state index is 11.3. The van der Waals surface area contributed by atoms with Crippen molar-refractivity contribution in [3.8, 4) is 5.75 Å². The van der Waals surface area contributed by atoms with E-state index in [1.807, 2.05) is 36.5 Å². The highest BCUT2D eigenvalue weighted by atomic mass is 35.5. The number of pyridine rings is 1. The number of hydrogen-bond acceptors (Lipinski definition) is 4. The molecule has 1 aliphatic rings. The highest BCUT2D eigenvalue weighted by Gasteiger charge is 2.29. The molecule has 0 aliphatic carbocycles. The molecular weight excluding hydrogens is 472 g/mol. The molecule has 2 heterocycles. The molecular formula is C30H37ClN2O3. The van der Waals surface area contributed by atoms with E-state index in [-0.39, 0.29) is 6.42 Å². The summed E-state index contributed by atoms with van der Waals surface area (Å²) in [5.74, 6) is 1.17.